The Labute approximate surface area is 119 Å². The van der Waals surface area contributed by atoms with E-state index in [0.717, 1.165) is 25.1 Å². The van der Waals surface area contributed by atoms with Crippen LogP contribution in [0.25, 0.3) is 0 Å². The first-order chi connectivity index (χ1) is 8.50. The van der Waals surface area contributed by atoms with Crippen molar-refractivity contribution in [1.29, 1.82) is 0 Å². The molecule has 2 rings (SSSR count). The van der Waals surface area contributed by atoms with Crippen molar-refractivity contribution in [3.63, 3.8) is 0 Å². The van der Waals surface area contributed by atoms with Gasteiger partial charge in [0.15, 0.2) is 0 Å². The Morgan fingerprint density at radius 3 is 2.79 bits per heavy atom. The van der Waals surface area contributed by atoms with Gasteiger partial charge in [0.25, 0.3) is 0 Å². The quantitative estimate of drug-likeness (QED) is 0.787. The minimum atomic E-state index is -3.46. The second kappa shape index (κ2) is 6.51. The van der Waals surface area contributed by atoms with Crippen molar-refractivity contribution < 1.29 is 8.42 Å². The molecule has 1 aliphatic rings. The zero-order valence-corrected chi connectivity index (χ0v) is 12.6. The van der Waals surface area contributed by atoms with E-state index >= 15 is 0 Å². The number of hydrogen-bond donors (Lipinski definition) is 2. The summed E-state index contributed by atoms with van der Waals surface area (Å²) >= 11 is 0. The number of rotatable bonds is 4. The fraction of sp³-hybridized carbons (Fsp3) is 0.545. The molecule has 8 heteroatoms. The van der Waals surface area contributed by atoms with Gasteiger partial charge in [0.1, 0.15) is 4.90 Å². The van der Waals surface area contributed by atoms with Crippen LogP contribution in [0.3, 0.4) is 0 Å². The summed E-state index contributed by atoms with van der Waals surface area (Å²) in [5.74, 6) is 0. The molecule has 1 aromatic heterocycles. The topological polar surface area (TPSA) is 76.0 Å². The van der Waals surface area contributed by atoms with Gasteiger partial charge < -0.3 is 5.32 Å². The van der Waals surface area contributed by atoms with E-state index in [1.807, 2.05) is 6.08 Å². The van der Waals surface area contributed by atoms with Gasteiger partial charge in [-0.2, -0.15) is 5.10 Å². The predicted molar refractivity (Wildman–Crippen MR) is 76.0 cm³/mol. The molecular weight excluding hydrogens is 288 g/mol. The summed E-state index contributed by atoms with van der Waals surface area (Å²) in [6.45, 7) is 3.83. The van der Waals surface area contributed by atoms with E-state index < -0.39 is 10.0 Å². The molecule has 0 fully saturated rings. The van der Waals surface area contributed by atoms with E-state index in [0.29, 0.717) is 12.2 Å². The number of nitrogens with zero attached hydrogens (tertiary/aromatic N) is 2. The average Bonchev–Trinajstić information content (AvgIpc) is 2.70. The Balaban J connectivity index is 0.00000180. The number of aryl methyl sites for hydroxylation is 1. The number of hydrogen-bond acceptors (Lipinski definition) is 4. The minimum Gasteiger partial charge on any atom is -0.313 e. The fourth-order valence-electron chi connectivity index (χ4n) is 1.84. The van der Waals surface area contributed by atoms with Crippen molar-refractivity contribution in [2.45, 2.75) is 18.2 Å². The molecule has 19 heavy (non-hydrogen) atoms. The van der Waals surface area contributed by atoms with E-state index in [2.05, 4.69) is 15.1 Å². The predicted octanol–water partition coefficient (Wildman–Crippen LogP) is 0.348. The summed E-state index contributed by atoms with van der Waals surface area (Å²) < 4.78 is 28.4. The lowest BCUT2D eigenvalue weighted by Gasteiger charge is -2.14. The van der Waals surface area contributed by atoms with Crippen molar-refractivity contribution >= 4 is 22.4 Å². The minimum absolute atomic E-state index is 0. The van der Waals surface area contributed by atoms with Crippen LogP contribution in [-0.4, -0.2) is 37.8 Å². The highest BCUT2D eigenvalue weighted by Crippen LogP contribution is 2.13. The highest BCUT2D eigenvalue weighted by atomic mass is 35.5. The van der Waals surface area contributed by atoms with E-state index in [1.165, 1.54) is 6.20 Å². The molecule has 0 radical (unpaired) electrons. The smallest absolute Gasteiger partial charge is 0.244 e. The van der Waals surface area contributed by atoms with Gasteiger partial charge >= 0.3 is 0 Å². The summed E-state index contributed by atoms with van der Waals surface area (Å²) in [5, 5.41) is 7.14. The Morgan fingerprint density at radius 1 is 1.53 bits per heavy atom. The first-order valence-corrected chi connectivity index (χ1v) is 7.36. The molecule has 0 aromatic carbocycles. The van der Waals surface area contributed by atoms with Crippen LogP contribution < -0.4 is 10.0 Å². The molecule has 108 valence electrons. The van der Waals surface area contributed by atoms with Gasteiger partial charge in [0, 0.05) is 20.1 Å². The SMILES string of the molecule is Cc1c(S(=O)(=O)NCC2=CCNCC2)cnn1C.Cl. The van der Waals surface area contributed by atoms with Gasteiger partial charge in [-0.1, -0.05) is 11.6 Å². The van der Waals surface area contributed by atoms with Gasteiger partial charge in [-0.15, -0.1) is 12.4 Å². The second-order valence-corrected chi connectivity index (χ2v) is 6.09. The monoisotopic (exact) mass is 306 g/mol. The lowest BCUT2D eigenvalue weighted by molar-refractivity contribution is 0.581. The summed E-state index contributed by atoms with van der Waals surface area (Å²) in [5.41, 5.74) is 1.76. The lowest BCUT2D eigenvalue weighted by Crippen LogP contribution is -2.30. The molecule has 1 aliphatic heterocycles. The Kier molecular flexibility index (Phi) is 5.54. The van der Waals surface area contributed by atoms with E-state index in [9.17, 15) is 8.42 Å². The van der Waals surface area contributed by atoms with Crippen LogP contribution in [0.2, 0.25) is 0 Å². The second-order valence-electron chi connectivity index (χ2n) is 4.36. The van der Waals surface area contributed by atoms with Crippen molar-refractivity contribution in [3.8, 4) is 0 Å². The van der Waals surface area contributed by atoms with Gasteiger partial charge in [0.2, 0.25) is 10.0 Å². The van der Waals surface area contributed by atoms with Crippen molar-refractivity contribution in [3.05, 3.63) is 23.5 Å². The van der Waals surface area contributed by atoms with Gasteiger partial charge in [-0.05, 0) is 19.9 Å². The number of nitrogens with one attached hydrogen (secondary N) is 2. The third-order valence-corrected chi connectivity index (χ3v) is 4.63. The van der Waals surface area contributed by atoms with E-state index in [4.69, 9.17) is 0 Å². The molecule has 1 aromatic rings. The molecule has 0 saturated carbocycles. The average molecular weight is 307 g/mol. The van der Waals surface area contributed by atoms with Crippen LogP contribution in [0, 0.1) is 6.92 Å². The summed E-state index contributed by atoms with van der Waals surface area (Å²) in [4.78, 5) is 0.250. The zero-order valence-electron chi connectivity index (χ0n) is 11.0. The fourth-order valence-corrected chi connectivity index (χ4v) is 3.08. The highest BCUT2D eigenvalue weighted by molar-refractivity contribution is 7.89. The highest BCUT2D eigenvalue weighted by Gasteiger charge is 2.20. The van der Waals surface area contributed by atoms with E-state index in [-0.39, 0.29) is 17.3 Å². The molecule has 6 nitrogen and oxygen atoms in total. The molecule has 0 atom stereocenters. The van der Waals surface area contributed by atoms with Crippen molar-refractivity contribution in [2.75, 3.05) is 19.6 Å². The third-order valence-electron chi connectivity index (χ3n) is 3.13. The lowest BCUT2D eigenvalue weighted by atomic mass is 10.1. The number of halogens is 1. The first-order valence-electron chi connectivity index (χ1n) is 5.87. The van der Waals surface area contributed by atoms with Crippen LogP contribution in [0.1, 0.15) is 12.1 Å². The molecule has 0 spiro atoms. The largest absolute Gasteiger partial charge is 0.313 e. The maximum Gasteiger partial charge on any atom is 0.244 e. The first kappa shape index (κ1) is 16.2. The zero-order chi connectivity index (χ0) is 13.2. The van der Waals surface area contributed by atoms with E-state index in [1.54, 1.807) is 18.7 Å². The molecular formula is C11H19ClN4O2S. The molecule has 2 heterocycles. The summed E-state index contributed by atoms with van der Waals surface area (Å²) in [6.07, 6.45) is 4.30. The van der Waals surface area contributed by atoms with Crippen LogP contribution in [0.15, 0.2) is 22.7 Å². The van der Waals surface area contributed by atoms with Gasteiger partial charge in [-0.3, -0.25) is 4.68 Å². The molecule has 0 amide bonds. The molecule has 2 N–H and O–H groups in total. The molecule has 0 bridgehead atoms. The number of sulfonamides is 1. The Hall–Kier alpha value is -0.890. The normalized spacial score (nSPS) is 15.8. The van der Waals surface area contributed by atoms with Gasteiger partial charge in [0.05, 0.1) is 11.9 Å². The molecule has 0 unspecified atom stereocenters. The Bertz CT molecular complexity index is 565. The molecule has 0 saturated heterocycles. The Morgan fingerprint density at radius 2 is 2.26 bits per heavy atom. The van der Waals surface area contributed by atoms with Crippen LogP contribution in [0.4, 0.5) is 0 Å². The van der Waals surface area contributed by atoms with Crippen LogP contribution in [0.5, 0.6) is 0 Å². The van der Waals surface area contributed by atoms with Crippen molar-refractivity contribution in [1.82, 2.24) is 19.8 Å². The van der Waals surface area contributed by atoms with Crippen LogP contribution in [-0.2, 0) is 17.1 Å². The summed E-state index contributed by atoms with van der Waals surface area (Å²) in [7, 11) is -1.74. The van der Waals surface area contributed by atoms with Gasteiger partial charge in [-0.25, -0.2) is 13.1 Å². The molecule has 0 aliphatic carbocycles. The number of aromatic nitrogens is 2. The standard InChI is InChI=1S/C11H18N4O2S.ClH/c1-9-11(8-13-15(9)2)18(16,17)14-7-10-3-5-12-6-4-10;/h3,8,12,14H,4-7H2,1-2H3;1H. The maximum atomic E-state index is 12.1. The maximum absolute atomic E-state index is 12.1. The summed E-state index contributed by atoms with van der Waals surface area (Å²) in [6, 6.07) is 0. The van der Waals surface area contributed by atoms with Crippen LogP contribution >= 0.6 is 12.4 Å². The third kappa shape index (κ3) is 3.79. The van der Waals surface area contributed by atoms with Crippen molar-refractivity contribution in [2.24, 2.45) is 7.05 Å².